The molecule has 0 bridgehead atoms. The van der Waals surface area contributed by atoms with Crippen molar-refractivity contribution in [2.45, 2.75) is 91.1 Å². The van der Waals surface area contributed by atoms with Crippen LogP contribution in [-0.4, -0.2) is 62.7 Å². The molecular weight excluding hydrogens is 635 g/mol. The van der Waals surface area contributed by atoms with Crippen LogP contribution in [-0.2, 0) is 14.3 Å². The van der Waals surface area contributed by atoms with E-state index in [1.54, 1.807) is 29.7 Å². The van der Waals surface area contributed by atoms with Gasteiger partial charge in [0.25, 0.3) is 0 Å². The molecule has 1 aliphatic rings. The second kappa shape index (κ2) is 14.7. The third-order valence-electron chi connectivity index (χ3n) is 8.99. The van der Waals surface area contributed by atoms with E-state index in [1.807, 2.05) is 65.0 Å². The first-order valence-corrected chi connectivity index (χ1v) is 17.1. The number of halogens is 1. The summed E-state index contributed by atoms with van der Waals surface area (Å²) in [6.45, 7) is 22.4. The van der Waals surface area contributed by atoms with Crippen LogP contribution >= 0.6 is 0 Å². The van der Waals surface area contributed by atoms with Crippen molar-refractivity contribution in [3.05, 3.63) is 90.4 Å². The molecule has 1 N–H and O–H groups in total. The lowest BCUT2D eigenvalue weighted by Gasteiger charge is -2.41. The number of carbonyl (C=O) groups is 1. The van der Waals surface area contributed by atoms with Crippen LogP contribution < -0.4 is 9.64 Å². The highest BCUT2D eigenvalue weighted by atomic mass is 19.1. The molecule has 0 saturated carbocycles. The zero-order chi connectivity index (χ0) is 36.4. The summed E-state index contributed by atoms with van der Waals surface area (Å²) >= 11 is 0. The van der Waals surface area contributed by atoms with Crippen LogP contribution in [0.3, 0.4) is 0 Å². The van der Waals surface area contributed by atoms with E-state index >= 15 is 0 Å². The second-order valence-electron chi connectivity index (χ2n) is 14.4. The summed E-state index contributed by atoms with van der Waals surface area (Å²) in [5.41, 5.74) is 4.12. The van der Waals surface area contributed by atoms with Crippen molar-refractivity contribution in [3.8, 4) is 28.1 Å². The zero-order valence-electron chi connectivity index (χ0n) is 30.3. The van der Waals surface area contributed by atoms with E-state index in [0.29, 0.717) is 65.8 Å². The van der Waals surface area contributed by atoms with Crippen molar-refractivity contribution in [2.24, 2.45) is 0 Å². The third kappa shape index (κ3) is 8.08. The number of benzene rings is 2. The molecule has 3 heterocycles. The SMILES string of the molecule is C=CCOC1(C)CCN(c2c(C(OC(C)(C)C)C(=O)O)c(C)nc3cc(-c4cccc(-c5cc(C)c(F)cc5O[C@@H](C)CC=C)c4)nn23)CC1. The fourth-order valence-corrected chi connectivity index (χ4v) is 6.38. The molecule has 1 aliphatic heterocycles. The molecule has 0 spiro atoms. The predicted molar refractivity (Wildman–Crippen MR) is 195 cm³/mol. The summed E-state index contributed by atoms with van der Waals surface area (Å²) in [6.07, 6.45) is 4.15. The number of carboxylic acids is 1. The lowest BCUT2D eigenvalue weighted by Crippen LogP contribution is -2.45. The average Bonchev–Trinajstić information content (AvgIpc) is 3.48. The van der Waals surface area contributed by atoms with Crippen molar-refractivity contribution in [2.75, 3.05) is 24.6 Å². The molecule has 0 aliphatic carbocycles. The van der Waals surface area contributed by atoms with Crippen LogP contribution in [0.5, 0.6) is 5.75 Å². The normalized spacial score (nSPS) is 15.9. The van der Waals surface area contributed by atoms with Crippen LogP contribution in [0.1, 0.15) is 76.8 Å². The molecule has 0 amide bonds. The molecule has 1 fully saturated rings. The number of nitrogens with zero attached hydrogens (tertiary/aromatic N) is 4. The highest BCUT2D eigenvalue weighted by molar-refractivity contribution is 5.80. The number of ether oxygens (including phenoxy) is 3. The number of hydrogen-bond acceptors (Lipinski definition) is 7. The highest BCUT2D eigenvalue weighted by Crippen LogP contribution is 2.39. The van der Waals surface area contributed by atoms with Gasteiger partial charge in [-0.25, -0.2) is 14.2 Å². The minimum atomic E-state index is -1.27. The maximum absolute atomic E-state index is 14.7. The zero-order valence-corrected chi connectivity index (χ0v) is 30.3. The number of anilines is 1. The number of aryl methyl sites for hydroxylation is 2. The van der Waals surface area contributed by atoms with Gasteiger partial charge in [0.2, 0.25) is 0 Å². The quantitative estimate of drug-likeness (QED) is 0.140. The fraction of sp³-hybridized carbons (Fsp3) is 0.425. The number of fused-ring (bicyclic) bond motifs is 1. The monoisotopic (exact) mass is 684 g/mol. The van der Waals surface area contributed by atoms with Gasteiger partial charge in [-0.1, -0.05) is 30.4 Å². The van der Waals surface area contributed by atoms with Gasteiger partial charge in [0, 0.05) is 48.5 Å². The molecule has 4 aromatic rings. The van der Waals surface area contributed by atoms with Crippen LogP contribution in [0.4, 0.5) is 10.2 Å². The van der Waals surface area contributed by atoms with Crippen molar-refractivity contribution in [1.82, 2.24) is 14.6 Å². The van der Waals surface area contributed by atoms with Gasteiger partial charge < -0.3 is 24.2 Å². The Kier molecular flexibility index (Phi) is 10.8. The molecular formula is C40H49FN4O5. The third-order valence-corrected chi connectivity index (χ3v) is 8.99. The molecule has 2 aromatic carbocycles. The van der Waals surface area contributed by atoms with Crippen LogP contribution in [0.2, 0.25) is 0 Å². The fourth-order valence-electron chi connectivity index (χ4n) is 6.38. The standard InChI is InChI=1S/C40H49FN4O5/c1-10-13-26(4)49-33-23-31(41)25(3)21-30(33)28-14-12-15-29(22-28)32-24-34-42-27(5)35(36(38(46)47)50-39(6,7)8)37(45(34)43-32)44-18-16-40(9,17-19-44)48-20-11-2/h10-12,14-15,21-24,26,36H,1-2,13,16-20H2,3-9H3,(H,46,47)/t26-,36?/m0/s1. The lowest BCUT2D eigenvalue weighted by molar-refractivity contribution is -0.160. The Labute approximate surface area is 294 Å². The second-order valence-corrected chi connectivity index (χ2v) is 14.4. The van der Waals surface area contributed by atoms with Crippen molar-refractivity contribution in [1.29, 1.82) is 0 Å². The first kappa shape index (κ1) is 36.7. The maximum Gasteiger partial charge on any atom is 0.337 e. The summed E-state index contributed by atoms with van der Waals surface area (Å²) in [5.74, 6) is -0.349. The highest BCUT2D eigenvalue weighted by Gasteiger charge is 2.37. The lowest BCUT2D eigenvalue weighted by atomic mass is 9.92. The van der Waals surface area contributed by atoms with Gasteiger partial charge in [0.1, 0.15) is 17.4 Å². The summed E-state index contributed by atoms with van der Waals surface area (Å²) < 4.78 is 35.0. The molecule has 9 nitrogen and oxygen atoms in total. The minimum Gasteiger partial charge on any atom is -0.490 e. The molecule has 266 valence electrons. The Bertz CT molecular complexity index is 1890. The average molecular weight is 685 g/mol. The van der Waals surface area contributed by atoms with Crippen LogP contribution in [0.25, 0.3) is 28.0 Å². The van der Waals surface area contributed by atoms with Gasteiger partial charge in [0.05, 0.1) is 35.2 Å². The van der Waals surface area contributed by atoms with E-state index in [-0.39, 0.29) is 17.5 Å². The molecule has 50 heavy (non-hydrogen) atoms. The van der Waals surface area contributed by atoms with Crippen LogP contribution in [0, 0.1) is 19.7 Å². The molecule has 1 saturated heterocycles. The first-order chi connectivity index (χ1) is 23.6. The minimum absolute atomic E-state index is 0.185. The number of carboxylic acid groups (broad SMARTS) is 1. The first-order valence-electron chi connectivity index (χ1n) is 17.1. The number of aromatic nitrogens is 3. The van der Waals surface area contributed by atoms with Gasteiger partial charge >= 0.3 is 5.97 Å². The number of rotatable bonds is 13. The Hall–Kier alpha value is -4.54. The summed E-state index contributed by atoms with van der Waals surface area (Å²) in [6, 6.07) is 13.0. The molecule has 5 rings (SSSR count). The topological polar surface area (TPSA) is 98.4 Å². The van der Waals surface area contributed by atoms with Gasteiger partial charge in [-0.05, 0) is 84.6 Å². The maximum atomic E-state index is 14.7. The van der Waals surface area contributed by atoms with E-state index in [2.05, 4.69) is 25.0 Å². The summed E-state index contributed by atoms with van der Waals surface area (Å²) in [5, 5.41) is 15.5. The van der Waals surface area contributed by atoms with E-state index in [9.17, 15) is 14.3 Å². The number of hydrogen-bond donors (Lipinski definition) is 1. The van der Waals surface area contributed by atoms with E-state index < -0.39 is 17.7 Å². The number of aliphatic carboxylic acids is 1. The van der Waals surface area contributed by atoms with Crippen molar-refractivity contribution in [3.63, 3.8) is 0 Å². The van der Waals surface area contributed by atoms with E-state index in [1.165, 1.54) is 6.07 Å². The predicted octanol–water partition coefficient (Wildman–Crippen LogP) is 8.66. The van der Waals surface area contributed by atoms with E-state index in [4.69, 9.17) is 24.3 Å². The van der Waals surface area contributed by atoms with E-state index in [0.717, 1.165) is 29.5 Å². The Morgan fingerprint density at radius 2 is 1.80 bits per heavy atom. The Balaban J connectivity index is 1.64. The molecule has 10 heteroatoms. The molecule has 2 atom stereocenters. The van der Waals surface area contributed by atoms with Gasteiger partial charge in [-0.15, -0.1) is 13.2 Å². The van der Waals surface area contributed by atoms with Crippen molar-refractivity contribution < 1.29 is 28.5 Å². The Morgan fingerprint density at radius 1 is 1.10 bits per heavy atom. The summed E-state index contributed by atoms with van der Waals surface area (Å²) in [4.78, 5) is 19.9. The molecule has 1 unspecified atom stereocenters. The molecule has 0 radical (unpaired) electrons. The van der Waals surface area contributed by atoms with Gasteiger partial charge in [0.15, 0.2) is 11.8 Å². The van der Waals surface area contributed by atoms with Crippen molar-refractivity contribution >= 4 is 17.4 Å². The summed E-state index contributed by atoms with van der Waals surface area (Å²) in [7, 11) is 0. The Morgan fingerprint density at radius 3 is 2.44 bits per heavy atom. The van der Waals surface area contributed by atoms with Gasteiger partial charge in [-0.3, -0.25) is 0 Å². The smallest absolute Gasteiger partial charge is 0.337 e. The van der Waals surface area contributed by atoms with Gasteiger partial charge in [-0.2, -0.15) is 9.61 Å². The number of piperidine rings is 1. The molecule has 2 aromatic heterocycles. The van der Waals surface area contributed by atoms with Crippen LogP contribution in [0.15, 0.2) is 67.8 Å². The largest absolute Gasteiger partial charge is 0.490 e.